The first-order chi connectivity index (χ1) is 10.0. The van der Waals surface area contributed by atoms with Gasteiger partial charge in [-0.05, 0) is 37.9 Å². The lowest BCUT2D eigenvalue weighted by atomic mass is 10.1. The van der Waals surface area contributed by atoms with Crippen molar-refractivity contribution in [1.82, 2.24) is 0 Å². The predicted molar refractivity (Wildman–Crippen MR) is 89.4 cm³/mol. The van der Waals surface area contributed by atoms with Crippen molar-refractivity contribution in [1.29, 1.82) is 0 Å². The van der Waals surface area contributed by atoms with Crippen LogP contribution in [0, 0.1) is 0 Å². The SMILES string of the molecule is CCOC(=O)/C(O)=C/C(=O)CCCCO[Si](C)(C)C(C)(C)C. The van der Waals surface area contributed by atoms with E-state index in [9.17, 15) is 14.7 Å². The molecule has 0 rings (SSSR count). The van der Waals surface area contributed by atoms with Crippen molar-refractivity contribution in [3.8, 4) is 0 Å². The Morgan fingerprint density at radius 1 is 1.18 bits per heavy atom. The van der Waals surface area contributed by atoms with Crippen molar-refractivity contribution in [3.05, 3.63) is 11.8 Å². The van der Waals surface area contributed by atoms with Crippen LogP contribution in [0.1, 0.15) is 47.0 Å². The van der Waals surface area contributed by atoms with E-state index in [0.717, 1.165) is 12.5 Å². The van der Waals surface area contributed by atoms with E-state index in [0.29, 0.717) is 13.0 Å². The molecule has 0 atom stereocenters. The quantitative estimate of drug-likeness (QED) is 0.229. The van der Waals surface area contributed by atoms with Crippen LogP contribution in [-0.4, -0.2) is 38.4 Å². The molecule has 0 aromatic heterocycles. The predicted octanol–water partition coefficient (Wildman–Crippen LogP) is 3.75. The third kappa shape index (κ3) is 7.75. The first kappa shape index (κ1) is 20.9. The van der Waals surface area contributed by atoms with E-state index in [2.05, 4.69) is 38.6 Å². The van der Waals surface area contributed by atoms with Crippen molar-refractivity contribution in [2.24, 2.45) is 0 Å². The summed E-state index contributed by atoms with van der Waals surface area (Å²) in [6.45, 7) is 13.4. The zero-order valence-electron chi connectivity index (χ0n) is 14.7. The lowest BCUT2D eigenvalue weighted by Gasteiger charge is -2.36. The number of ether oxygens (including phenoxy) is 1. The molecule has 0 aliphatic rings. The molecule has 6 heteroatoms. The number of hydrogen-bond donors (Lipinski definition) is 1. The summed E-state index contributed by atoms with van der Waals surface area (Å²) in [5.74, 6) is -1.78. The maximum atomic E-state index is 11.6. The molecule has 0 aromatic carbocycles. The van der Waals surface area contributed by atoms with E-state index in [4.69, 9.17) is 4.43 Å². The van der Waals surface area contributed by atoms with Crippen LogP contribution in [0.25, 0.3) is 0 Å². The Morgan fingerprint density at radius 2 is 1.77 bits per heavy atom. The van der Waals surface area contributed by atoms with E-state index < -0.39 is 20.0 Å². The Balaban J connectivity index is 4.05. The van der Waals surface area contributed by atoms with E-state index in [1.807, 2.05) is 0 Å². The number of aliphatic hydroxyl groups is 1. The smallest absolute Gasteiger partial charge is 0.373 e. The zero-order chi connectivity index (χ0) is 17.4. The number of unbranched alkanes of at least 4 members (excludes halogenated alkanes) is 1. The van der Waals surface area contributed by atoms with Gasteiger partial charge in [0.25, 0.3) is 0 Å². The number of esters is 1. The van der Waals surface area contributed by atoms with Gasteiger partial charge in [0.15, 0.2) is 14.1 Å². The minimum absolute atomic E-state index is 0.162. The molecule has 0 unspecified atom stereocenters. The fourth-order valence-electron chi connectivity index (χ4n) is 1.43. The Labute approximate surface area is 134 Å². The number of aliphatic hydroxyl groups excluding tert-OH is 1. The molecule has 0 saturated carbocycles. The van der Waals surface area contributed by atoms with Gasteiger partial charge < -0.3 is 14.3 Å². The van der Waals surface area contributed by atoms with Gasteiger partial charge in [0, 0.05) is 19.1 Å². The third-order valence-corrected chi connectivity index (χ3v) is 8.41. The van der Waals surface area contributed by atoms with Crippen LogP contribution >= 0.6 is 0 Å². The second-order valence-electron chi connectivity index (χ2n) is 6.78. The van der Waals surface area contributed by atoms with Gasteiger partial charge in [0.05, 0.1) is 6.61 Å². The lowest BCUT2D eigenvalue weighted by Crippen LogP contribution is -2.40. The summed E-state index contributed by atoms with van der Waals surface area (Å²) < 4.78 is 10.6. The summed E-state index contributed by atoms with van der Waals surface area (Å²) in [7, 11) is -1.73. The fourth-order valence-corrected chi connectivity index (χ4v) is 2.52. The number of carbonyl (C=O) groups is 2. The Hall–Kier alpha value is -1.14. The summed E-state index contributed by atoms with van der Waals surface area (Å²) in [5, 5.41) is 9.54. The molecule has 0 amide bonds. The standard InChI is InChI=1S/C16H30O5Si/c1-7-20-15(19)14(18)12-13(17)10-8-9-11-21-22(5,6)16(2,3)4/h12,18H,7-11H2,1-6H3/b14-12-. The molecular formula is C16H30O5Si. The molecule has 1 N–H and O–H groups in total. The molecule has 5 nitrogen and oxygen atoms in total. The first-order valence-corrected chi connectivity index (χ1v) is 10.7. The molecule has 0 heterocycles. The Morgan fingerprint density at radius 3 is 2.27 bits per heavy atom. The summed E-state index contributed by atoms with van der Waals surface area (Å²) in [5.41, 5.74) is 0. The molecule has 0 spiro atoms. The molecule has 0 aliphatic heterocycles. The van der Waals surface area contributed by atoms with Crippen LogP contribution in [-0.2, 0) is 18.8 Å². The molecule has 0 aliphatic carbocycles. The summed E-state index contributed by atoms with van der Waals surface area (Å²) >= 11 is 0. The van der Waals surface area contributed by atoms with Crippen molar-refractivity contribution in [2.45, 2.75) is 65.1 Å². The average Bonchev–Trinajstić information content (AvgIpc) is 2.36. The third-order valence-electron chi connectivity index (χ3n) is 3.87. The zero-order valence-corrected chi connectivity index (χ0v) is 15.7. The second-order valence-corrected chi connectivity index (χ2v) is 11.6. The van der Waals surface area contributed by atoms with Gasteiger partial charge in [-0.3, -0.25) is 4.79 Å². The molecular weight excluding hydrogens is 300 g/mol. The second kappa shape index (κ2) is 9.10. The van der Waals surface area contributed by atoms with Crippen molar-refractivity contribution >= 4 is 20.1 Å². The number of carbonyl (C=O) groups excluding carboxylic acids is 2. The summed E-state index contributed by atoms with van der Waals surface area (Å²) in [6, 6.07) is 0. The minimum Gasteiger partial charge on any atom is -0.502 e. The van der Waals surface area contributed by atoms with Gasteiger partial charge in [-0.2, -0.15) is 0 Å². The van der Waals surface area contributed by atoms with E-state index in [1.54, 1.807) is 6.92 Å². The Bertz CT molecular complexity index is 407. The van der Waals surface area contributed by atoms with Gasteiger partial charge in [0.2, 0.25) is 5.76 Å². The molecule has 0 radical (unpaired) electrons. The highest BCUT2D eigenvalue weighted by Crippen LogP contribution is 2.36. The number of rotatable bonds is 9. The number of ketones is 1. The maximum absolute atomic E-state index is 11.6. The van der Waals surface area contributed by atoms with Crippen LogP contribution in [0.2, 0.25) is 18.1 Å². The largest absolute Gasteiger partial charge is 0.502 e. The first-order valence-electron chi connectivity index (χ1n) is 7.76. The lowest BCUT2D eigenvalue weighted by molar-refractivity contribution is -0.141. The highest BCUT2D eigenvalue weighted by molar-refractivity contribution is 6.74. The summed E-state index contributed by atoms with van der Waals surface area (Å²) in [6.07, 6.45) is 2.67. The van der Waals surface area contributed by atoms with Crippen molar-refractivity contribution in [2.75, 3.05) is 13.2 Å². The van der Waals surface area contributed by atoms with Gasteiger partial charge in [0.1, 0.15) is 0 Å². The molecule has 0 aromatic rings. The molecule has 128 valence electrons. The van der Waals surface area contributed by atoms with Crippen molar-refractivity contribution in [3.63, 3.8) is 0 Å². The van der Waals surface area contributed by atoms with Crippen molar-refractivity contribution < 1.29 is 23.9 Å². The molecule has 0 saturated heterocycles. The topological polar surface area (TPSA) is 72.8 Å². The normalized spacial score (nSPS) is 13.1. The van der Waals surface area contributed by atoms with Gasteiger partial charge in [-0.1, -0.05) is 20.8 Å². The molecule has 0 bridgehead atoms. The fraction of sp³-hybridized carbons (Fsp3) is 0.750. The van der Waals surface area contributed by atoms with Crippen LogP contribution in [0.3, 0.4) is 0 Å². The van der Waals surface area contributed by atoms with E-state index in [-0.39, 0.29) is 23.8 Å². The summed E-state index contributed by atoms with van der Waals surface area (Å²) in [4.78, 5) is 22.8. The van der Waals surface area contributed by atoms with Crippen LogP contribution in [0.5, 0.6) is 0 Å². The average molecular weight is 330 g/mol. The van der Waals surface area contributed by atoms with Gasteiger partial charge >= 0.3 is 5.97 Å². The van der Waals surface area contributed by atoms with Crippen LogP contribution in [0.15, 0.2) is 11.8 Å². The Kier molecular flexibility index (Phi) is 8.63. The number of allylic oxidation sites excluding steroid dienone is 1. The van der Waals surface area contributed by atoms with Gasteiger partial charge in [-0.25, -0.2) is 4.79 Å². The van der Waals surface area contributed by atoms with E-state index >= 15 is 0 Å². The number of hydrogen-bond acceptors (Lipinski definition) is 5. The maximum Gasteiger partial charge on any atom is 0.373 e. The molecule has 0 fully saturated rings. The monoisotopic (exact) mass is 330 g/mol. The van der Waals surface area contributed by atoms with Gasteiger partial charge in [-0.15, -0.1) is 0 Å². The van der Waals surface area contributed by atoms with Crippen LogP contribution in [0.4, 0.5) is 0 Å². The van der Waals surface area contributed by atoms with Crippen LogP contribution < -0.4 is 0 Å². The highest BCUT2D eigenvalue weighted by Gasteiger charge is 2.36. The minimum atomic E-state index is -1.73. The van der Waals surface area contributed by atoms with E-state index in [1.165, 1.54) is 0 Å². The molecule has 22 heavy (non-hydrogen) atoms. The highest BCUT2D eigenvalue weighted by atomic mass is 28.4.